The monoisotopic (exact) mass is 265 g/mol. The van der Waals surface area contributed by atoms with Gasteiger partial charge in [0, 0.05) is 23.0 Å². The molecule has 0 saturated carbocycles. The molecule has 0 atom stereocenters. The van der Waals surface area contributed by atoms with Crippen LogP contribution in [0.2, 0.25) is 5.02 Å². The molecule has 3 heteroatoms. The average Bonchev–Trinajstić information content (AvgIpc) is 2.68. The van der Waals surface area contributed by atoms with Crippen LogP contribution in [0.15, 0.2) is 29.6 Å². The first-order chi connectivity index (χ1) is 8.16. The van der Waals surface area contributed by atoms with Crippen LogP contribution in [0.1, 0.15) is 21.6 Å². The quantitative estimate of drug-likeness (QED) is 0.869. The summed E-state index contributed by atoms with van der Waals surface area (Å²) in [4.78, 5) is 1.40. The van der Waals surface area contributed by atoms with Crippen molar-refractivity contribution >= 4 is 22.9 Å². The molecule has 1 N–H and O–H groups in total. The van der Waals surface area contributed by atoms with Gasteiger partial charge in [0.25, 0.3) is 0 Å². The van der Waals surface area contributed by atoms with Gasteiger partial charge in [0.1, 0.15) is 0 Å². The molecule has 0 bridgehead atoms. The molecule has 0 unspecified atom stereocenters. The Morgan fingerprint density at radius 3 is 2.65 bits per heavy atom. The molecule has 0 radical (unpaired) electrons. The van der Waals surface area contributed by atoms with Crippen molar-refractivity contribution in [3.8, 4) is 0 Å². The molecule has 90 valence electrons. The van der Waals surface area contributed by atoms with E-state index in [2.05, 4.69) is 42.7 Å². The number of thiophene rings is 1. The maximum Gasteiger partial charge on any atom is 0.0453 e. The largest absolute Gasteiger partial charge is 0.308 e. The fourth-order valence-corrected chi connectivity index (χ4v) is 2.87. The van der Waals surface area contributed by atoms with Crippen LogP contribution in [0.5, 0.6) is 0 Å². The molecule has 1 aromatic carbocycles. The van der Waals surface area contributed by atoms with Gasteiger partial charge in [-0.15, -0.1) is 11.3 Å². The number of rotatable bonds is 4. The lowest BCUT2D eigenvalue weighted by atomic mass is 10.1. The van der Waals surface area contributed by atoms with Crippen molar-refractivity contribution in [3.05, 3.63) is 56.2 Å². The second-order valence-corrected chi connectivity index (χ2v) is 5.63. The molecular weight excluding hydrogens is 250 g/mol. The van der Waals surface area contributed by atoms with Crippen LogP contribution in [-0.4, -0.2) is 0 Å². The van der Waals surface area contributed by atoms with E-state index in [1.165, 1.54) is 16.0 Å². The smallest absolute Gasteiger partial charge is 0.0453 e. The van der Waals surface area contributed by atoms with Crippen LogP contribution in [-0.2, 0) is 13.1 Å². The lowest BCUT2D eigenvalue weighted by molar-refractivity contribution is 0.699. The lowest BCUT2D eigenvalue weighted by Gasteiger charge is -2.07. The van der Waals surface area contributed by atoms with E-state index in [9.17, 15) is 0 Å². The van der Waals surface area contributed by atoms with Gasteiger partial charge in [-0.05, 0) is 48.1 Å². The van der Waals surface area contributed by atoms with Crippen LogP contribution in [0, 0.1) is 13.8 Å². The summed E-state index contributed by atoms with van der Waals surface area (Å²) in [5, 5.41) is 6.41. The fraction of sp³-hybridized carbons (Fsp3) is 0.286. The molecular formula is C14H16ClNS. The molecule has 0 amide bonds. The second-order valence-electron chi connectivity index (χ2n) is 4.23. The minimum Gasteiger partial charge on any atom is -0.308 e. The third kappa shape index (κ3) is 3.32. The number of aryl methyl sites for hydroxylation is 2. The fourth-order valence-electron chi connectivity index (χ4n) is 1.69. The van der Waals surface area contributed by atoms with E-state index >= 15 is 0 Å². The maximum absolute atomic E-state index is 6.18. The molecule has 1 aromatic heterocycles. The molecule has 2 aromatic rings. The number of benzene rings is 1. The van der Waals surface area contributed by atoms with E-state index in [0.29, 0.717) is 0 Å². The van der Waals surface area contributed by atoms with E-state index in [1.54, 1.807) is 11.3 Å². The Morgan fingerprint density at radius 1 is 1.18 bits per heavy atom. The van der Waals surface area contributed by atoms with Gasteiger partial charge in [-0.25, -0.2) is 0 Å². The molecule has 2 rings (SSSR count). The minimum atomic E-state index is 0.816. The lowest BCUT2D eigenvalue weighted by Crippen LogP contribution is -2.12. The summed E-state index contributed by atoms with van der Waals surface area (Å²) in [6, 6.07) is 8.35. The summed E-state index contributed by atoms with van der Waals surface area (Å²) < 4.78 is 0. The first-order valence-corrected chi connectivity index (χ1v) is 6.91. The Hall–Kier alpha value is -0.830. The zero-order valence-corrected chi connectivity index (χ0v) is 11.7. The van der Waals surface area contributed by atoms with E-state index in [-0.39, 0.29) is 0 Å². The molecule has 1 nitrogen and oxygen atoms in total. The van der Waals surface area contributed by atoms with Crippen molar-refractivity contribution in [1.29, 1.82) is 0 Å². The van der Waals surface area contributed by atoms with Crippen molar-refractivity contribution in [2.75, 3.05) is 0 Å². The number of hydrogen-bond donors (Lipinski definition) is 1. The molecule has 0 aliphatic heterocycles. The third-order valence-corrected chi connectivity index (χ3v) is 4.15. The van der Waals surface area contributed by atoms with Crippen molar-refractivity contribution in [3.63, 3.8) is 0 Å². The van der Waals surface area contributed by atoms with E-state index < -0.39 is 0 Å². The van der Waals surface area contributed by atoms with Crippen LogP contribution in [0.3, 0.4) is 0 Å². The van der Waals surface area contributed by atoms with Crippen LogP contribution in [0.4, 0.5) is 0 Å². The third-order valence-electron chi connectivity index (χ3n) is 2.78. The summed E-state index contributed by atoms with van der Waals surface area (Å²) in [7, 11) is 0. The topological polar surface area (TPSA) is 12.0 Å². The van der Waals surface area contributed by atoms with Gasteiger partial charge in [0.2, 0.25) is 0 Å². The van der Waals surface area contributed by atoms with Crippen molar-refractivity contribution in [1.82, 2.24) is 5.32 Å². The van der Waals surface area contributed by atoms with Gasteiger partial charge >= 0.3 is 0 Å². The molecule has 0 aliphatic carbocycles. The average molecular weight is 266 g/mol. The van der Waals surface area contributed by atoms with E-state index in [1.807, 2.05) is 6.07 Å². The molecule has 0 saturated heterocycles. The van der Waals surface area contributed by atoms with Crippen LogP contribution < -0.4 is 5.32 Å². The maximum atomic E-state index is 6.18. The minimum absolute atomic E-state index is 0.816. The summed E-state index contributed by atoms with van der Waals surface area (Å²) in [5.41, 5.74) is 3.72. The normalized spacial score (nSPS) is 10.8. The second kappa shape index (κ2) is 5.67. The number of hydrogen-bond acceptors (Lipinski definition) is 2. The zero-order chi connectivity index (χ0) is 12.3. The Morgan fingerprint density at radius 2 is 2.00 bits per heavy atom. The highest BCUT2D eigenvalue weighted by Gasteiger charge is 2.02. The van der Waals surface area contributed by atoms with E-state index in [4.69, 9.17) is 11.6 Å². The molecule has 1 heterocycles. The highest BCUT2D eigenvalue weighted by atomic mass is 35.5. The standard InChI is InChI=1S/C14H16ClNS/c1-10-3-4-12(13(15)7-10)8-16-9-14-11(2)5-6-17-14/h3-7,16H,8-9H2,1-2H3. The van der Waals surface area contributed by atoms with Crippen molar-refractivity contribution in [2.45, 2.75) is 26.9 Å². The SMILES string of the molecule is Cc1ccc(CNCc2sccc2C)c(Cl)c1. The highest BCUT2D eigenvalue weighted by molar-refractivity contribution is 7.10. The summed E-state index contributed by atoms with van der Waals surface area (Å²) in [6.07, 6.45) is 0. The Kier molecular flexibility index (Phi) is 4.21. The van der Waals surface area contributed by atoms with Gasteiger partial charge in [-0.3, -0.25) is 0 Å². The van der Waals surface area contributed by atoms with Crippen LogP contribution >= 0.6 is 22.9 Å². The van der Waals surface area contributed by atoms with Gasteiger partial charge < -0.3 is 5.32 Å². The Labute approximate surface area is 111 Å². The van der Waals surface area contributed by atoms with E-state index in [0.717, 1.165) is 23.7 Å². The number of halogens is 1. The number of nitrogens with one attached hydrogen (secondary N) is 1. The Balaban J connectivity index is 1.92. The summed E-state index contributed by atoms with van der Waals surface area (Å²) in [5.74, 6) is 0. The molecule has 0 aliphatic rings. The molecule has 17 heavy (non-hydrogen) atoms. The predicted octanol–water partition coefficient (Wildman–Crippen LogP) is 4.31. The molecule has 0 fully saturated rings. The van der Waals surface area contributed by atoms with Gasteiger partial charge in [-0.2, -0.15) is 0 Å². The van der Waals surface area contributed by atoms with Crippen molar-refractivity contribution in [2.24, 2.45) is 0 Å². The van der Waals surface area contributed by atoms with Gasteiger partial charge in [0.05, 0.1) is 0 Å². The van der Waals surface area contributed by atoms with Gasteiger partial charge in [0.15, 0.2) is 0 Å². The first-order valence-electron chi connectivity index (χ1n) is 5.65. The predicted molar refractivity (Wildman–Crippen MR) is 75.8 cm³/mol. The Bertz CT molecular complexity index is 505. The highest BCUT2D eigenvalue weighted by Crippen LogP contribution is 2.18. The molecule has 0 spiro atoms. The summed E-state index contributed by atoms with van der Waals surface area (Å²) >= 11 is 7.98. The summed E-state index contributed by atoms with van der Waals surface area (Å²) in [6.45, 7) is 5.93. The zero-order valence-electron chi connectivity index (χ0n) is 10.1. The first kappa shape index (κ1) is 12.6. The van der Waals surface area contributed by atoms with Gasteiger partial charge in [-0.1, -0.05) is 23.7 Å². The van der Waals surface area contributed by atoms with Crippen molar-refractivity contribution < 1.29 is 0 Å². The van der Waals surface area contributed by atoms with Crippen LogP contribution in [0.25, 0.3) is 0 Å².